The summed E-state index contributed by atoms with van der Waals surface area (Å²) in [7, 11) is 0. The van der Waals surface area contributed by atoms with Crippen LogP contribution in [0.1, 0.15) is 5.56 Å². The average molecular weight is 257 g/mol. The van der Waals surface area contributed by atoms with E-state index in [9.17, 15) is 0 Å². The second-order valence-corrected chi connectivity index (χ2v) is 4.47. The molecule has 0 aliphatic carbocycles. The van der Waals surface area contributed by atoms with E-state index in [1.54, 1.807) is 0 Å². The van der Waals surface area contributed by atoms with Crippen LogP contribution in [0.2, 0.25) is 5.02 Å². The summed E-state index contributed by atoms with van der Waals surface area (Å²) in [6.45, 7) is 3.30. The normalized spacial score (nSPS) is 16.2. The maximum atomic E-state index is 6.12. The predicted molar refractivity (Wildman–Crippen MR) is 70.4 cm³/mol. The van der Waals surface area contributed by atoms with Gasteiger partial charge in [0.1, 0.15) is 4.99 Å². The van der Waals surface area contributed by atoms with Gasteiger partial charge in [-0.15, -0.1) is 0 Å². The molecule has 1 aliphatic rings. The van der Waals surface area contributed by atoms with Gasteiger partial charge >= 0.3 is 0 Å². The van der Waals surface area contributed by atoms with Crippen molar-refractivity contribution in [3.05, 3.63) is 28.8 Å². The van der Waals surface area contributed by atoms with Crippen LogP contribution in [0.25, 0.3) is 0 Å². The number of benzene rings is 1. The number of hydrogen-bond donors (Lipinski definition) is 1. The number of anilines is 1. The number of nitrogens with two attached hydrogens (primary N) is 1. The summed E-state index contributed by atoms with van der Waals surface area (Å²) in [5.41, 5.74) is 7.38. The number of halogens is 1. The zero-order valence-electron chi connectivity index (χ0n) is 8.78. The summed E-state index contributed by atoms with van der Waals surface area (Å²) in [6.07, 6.45) is 0. The van der Waals surface area contributed by atoms with Crippen LogP contribution in [-0.4, -0.2) is 31.3 Å². The van der Waals surface area contributed by atoms with Crippen molar-refractivity contribution in [2.45, 2.75) is 0 Å². The summed E-state index contributed by atoms with van der Waals surface area (Å²) >= 11 is 11.0. The van der Waals surface area contributed by atoms with E-state index in [0.717, 1.165) is 37.6 Å². The summed E-state index contributed by atoms with van der Waals surface area (Å²) < 4.78 is 5.30. The smallest absolute Gasteiger partial charge is 0.105 e. The van der Waals surface area contributed by atoms with Gasteiger partial charge in [-0.25, -0.2) is 0 Å². The van der Waals surface area contributed by atoms with Crippen LogP contribution in [0.5, 0.6) is 0 Å². The lowest BCUT2D eigenvalue weighted by Gasteiger charge is -2.29. The van der Waals surface area contributed by atoms with Crippen LogP contribution in [0.3, 0.4) is 0 Å². The monoisotopic (exact) mass is 256 g/mol. The van der Waals surface area contributed by atoms with Crippen LogP contribution in [0.4, 0.5) is 5.69 Å². The van der Waals surface area contributed by atoms with Gasteiger partial charge in [-0.3, -0.25) is 0 Å². The van der Waals surface area contributed by atoms with Crippen molar-refractivity contribution in [3.63, 3.8) is 0 Å². The lowest BCUT2D eigenvalue weighted by molar-refractivity contribution is 0.122. The van der Waals surface area contributed by atoms with E-state index in [4.69, 9.17) is 34.3 Å². The Labute approximate surface area is 105 Å². The number of ether oxygens (including phenoxy) is 1. The molecule has 1 saturated heterocycles. The van der Waals surface area contributed by atoms with Gasteiger partial charge in [0.2, 0.25) is 0 Å². The van der Waals surface area contributed by atoms with Gasteiger partial charge in [-0.05, 0) is 18.2 Å². The summed E-state index contributed by atoms with van der Waals surface area (Å²) in [4.78, 5) is 2.57. The first kappa shape index (κ1) is 11.6. The molecule has 1 aromatic carbocycles. The Morgan fingerprint density at radius 2 is 2.06 bits per heavy atom. The molecule has 1 fully saturated rings. The molecule has 0 atom stereocenters. The van der Waals surface area contributed by atoms with Crippen molar-refractivity contribution in [1.82, 2.24) is 0 Å². The van der Waals surface area contributed by atoms with Crippen LogP contribution in [0, 0.1) is 0 Å². The van der Waals surface area contributed by atoms with Crippen molar-refractivity contribution in [2.24, 2.45) is 5.73 Å². The van der Waals surface area contributed by atoms with Crippen molar-refractivity contribution in [1.29, 1.82) is 0 Å². The van der Waals surface area contributed by atoms with Crippen LogP contribution in [0.15, 0.2) is 18.2 Å². The van der Waals surface area contributed by atoms with E-state index in [-0.39, 0.29) is 0 Å². The molecule has 5 heteroatoms. The fraction of sp³-hybridized carbons (Fsp3) is 0.364. The molecule has 0 radical (unpaired) electrons. The first-order chi connectivity index (χ1) is 7.68. The zero-order chi connectivity index (χ0) is 11.5. The standard InChI is InChI=1S/C11H13ClN2OS/c12-10-7-8(1-2-9(10)11(13)16)14-3-5-15-6-4-14/h1-2,7H,3-6H2,(H2,13,16). The average Bonchev–Trinajstić information content (AvgIpc) is 2.29. The fourth-order valence-corrected chi connectivity index (χ4v) is 2.23. The van der Waals surface area contributed by atoms with Gasteiger partial charge in [0.25, 0.3) is 0 Å². The summed E-state index contributed by atoms with van der Waals surface area (Å²) in [5, 5.41) is 0.608. The molecule has 0 spiro atoms. The lowest BCUT2D eigenvalue weighted by Crippen LogP contribution is -2.36. The molecule has 86 valence electrons. The van der Waals surface area contributed by atoms with Gasteiger partial charge in [0, 0.05) is 24.3 Å². The third kappa shape index (κ3) is 2.45. The maximum Gasteiger partial charge on any atom is 0.105 e. The number of rotatable bonds is 2. The minimum Gasteiger partial charge on any atom is -0.389 e. The molecule has 3 nitrogen and oxygen atoms in total. The second-order valence-electron chi connectivity index (χ2n) is 3.63. The molecule has 1 aromatic rings. The van der Waals surface area contributed by atoms with Gasteiger partial charge in [0.15, 0.2) is 0 Å². The minimum atomic E-state index is 0.332. The fourth-order valence-electron chi connectivity index (χ4n) is 1.72. The molecule has 1 heterocycles. The Morgan fingerprint density at radius 3 is 2.62 bits per heavy atom. The quantitative estimate of drug-likeness (QED) is 0.820. The highest BCUT2D eigenvalue weighted by molar-refractivity contribution is 7.80. The largest absolute Gasteiger partial charge is 0.389 e. The highest BCUT2D eigenvalue weighted by Crippen LogP contribution is 2.24. The van der Waals surface area contributed by atoms with E-state index >= 15 is 0 Å². The topological polar surface area (TPSA) is 38.5 Å². The highest BCUT2D eigenvalue weighted by Gasteiger charge is 2.13. The Bertz CT molecular complexity index is 405. The van der Waals surface area contributed by atoms with E-state index in [2.05, 4.69) is 4.90 Å². The number of thiocarbonyl (C=S) groups is 1. The van der Waals surface area contributed by atoms with E-state index in [0.29, 0.717) is 10.0 Å². The number of hydrogen-bond acceptors (Lipinski definition) is 3. The molecule has 2 rings (SSSR count). The Balaban J connectivity index is 2.23. The predicted octanol–water partition coefficient (Wildman–Crippen LogP) is 1.81. The van der Waals surface area contributed by atoms with Crippen LogP contribution >= 0.6 is 23.8 Å². The Morgan fingerprint density at radius 1 is 1.38 bits per heavy atom. The van der Waals surface area contributed by atoms with Crippen molar-refractivity contribution >= 4 is 34.5 Å². The van der Waals surface area contributed by atoms with Gasteiger partial charge in [-0.1, -0.05) is 23.8 Å². The van der Waals surface area contributed by atoms with Crippen molar-refractivity contribution in [2.75, 3.05) is 31.2 Å². The van der Waals surface area contributed by atoms with Gasteiger partial charge < -0.3 is 15.4 Å². The lowest BCUT2D eigenvalue weighted by atomic mass is 10.2. The molecule has 2 N–H and O–H groups in total. The van der Waals surface area contributed by atoms with E-state index < -0.39 is 0 Å². The third-order valence-corrected chi connectivity index (χ3v) is 3.13. The van der Waals surface area contributed by atoms with Crippen molar-refractivity contribution < 1.29 is 4.74 Å². The van der Waals surface area contributed by atoms with Crippen LogP contribution in [-0.2, 0) is 4.74 Å². The molecule has 0 amide bonds. The van der Waals surface area contributed by atoms with Crippen molar-refractivity contribution in [3.8, 4) is 0 Å². The number of morpholine rings is 1. The molecule has 0 aromatic heterocycles. The minimum absolute atomic E-state index is 0.332. The molecular formula is C11H13ClN2OS. The molecule has 0 saturated carbocycles. The summed E-state index contributed by atoms with van der Waals surface area (Å²) in [5.74, 6) is 0. The van der Waals surface area contributed by atoms with E-state index in [1.165, 1.54) is 0 Å². The van der Waals surface area contributed by atoms with Gasteiger partial charge in [0.05, 0.1) is 18.2 Å². The first-order valence-corrected chi connectivity index (χ1v) is 5.89. The highest BCUT2D eigenvalue weighted by atomic mass is 35.5. The van der Waals surface area contributed by atoms with E-state index in [1.807, 2.05) is 18.2 Å². The molecule has 16 heavy (non-hydrogen) atoms. The molecule has 0 bridgehead atoms. The molecule has 0 unspecified atom stereocenters. The molecular weight excluding hydrogens is 244 g/mol. The SMILES string of the molecule is NC(=S)c1ccc(N2CCOCC2)cc1Cl. The second kappa shape index (κ2) is 4.99. The maximum absolute atomic E-state index is 6.12. The first-order valence-electron chi connectivity index (χ1n) is 5.10. The third-order valence-electron chi connectivity index (χ3n) is 2.59. The van der Waals surface area contributed by atoms with Gasteiger partial charge in [-0.2, -0.15) is 0 Å². The Hall–Kier alpha value is -0.840. The zero-order valence-corrected chi connectivity index (χ0v) is 10.4. The molecule has 1 aliphatic heterocycles. The Kier molecular flexibility index (Phi) is 3.63. The summed E-state index contributed by atoms with van der Waals surface area (Å²) in [6, 6.07) is 5.77. The number of nitrogens with zero attached hydrogens (tertiary/aromatic N) is 1. The van der Waals surface area contributed by atoms with Crippen LogP contribution < -0.4 is 10.6 Å².